The fourth-order valence-corrected chi connectivity index (χ4v) is 2.64. The Labute approximate surface area is 161 Å². The third-order valence-electron chi connectivity index (χ3n) is 4.03. The number of rotatable bonds is 7. The molecule has 4 rings (SSSR count). The molecule has 0 spiro atoms. The molecule has 0 unspecified atom stereocenters. The molecule has 1 amide bonds. The van der Waals surface area contributed by atoms with E-state index >= 15 is 0 Å². The average Bonchev–Trinajstić information content (AvgIpc) is 3.16. The predicted octanol–water partition coefficient (Wildman–Crippen LogP) is 3.08. The molecular weight excluding hydrogens is 356 g/mol. The number of nitrogens with zero attached hydrogens (tertiary/aromatic N) is 3. The summed E-state index contributed by atoms with van der Waals surface area (Å²) in [6.07, 6.45) is 0. The Morgan fingerprint density at radius 2 is 1.68 bits per heavy atom. The van der Waals surface area contributed by atoms with Gasteiger partial charge in [0.25, 0.3) is 5.91 Å². The van der Waals surface area contributed by atoms with Gasteiger partial charge < -0.3 is 14.9 Å². The number of hydrogen-bond acceptors (Lipinski definition) is 5. The quantitative estimate of drug-likeness (QED) is 0.538. The fraction of sp³-hybridized carbons (Fsp3) is 0.0952. The van der Waals surface area contributed by atoms with Crippen molar-refractivity contribution < 1.29 is 14.4 Å². The molecule has 0 radical (unpaired) electrons. The van der Waals surface area contributed by atoms with Gasteiger partial charge in [-0.25, -0.2) is 0 Å². The number of benzene rings is 3. The van der Waals surface area contributed by atoms with Crippen molar-refractivity contribution in [2.45, 2.75) is 6.61 Å². The van der Waals surface area contributed by atoms with E-state index in [0.717, 1.165) is 11.3 Å². The molecule has 0 fully saturated rings. The summed E-state index contributed by atoms with van der Waals surface area (Å²) < 4.78 is 5.73. The number of para-hydroxylation sites is 1. The standard InChI is InChI=1S/C21H18N4O3/c26-21(15-28-25-20-9-5-4-8-19(20)23-24-25)22-17-10-12-18(13-11-17)27-14-16-6-2-1-3-7-16/h1-13H,14-15H2,(H,22,26). The van der Waals surface area contributed by atoms with E-state index in [2.05, 4.69) is 15.6 Å². The van der Waals surface area contributed by atoms with Crippen LogP contribution < -0.4 is 14.9 Å². The van der Waals surface area contributed by atoms with Crippen LogP contribution in [0.1, 0.15) is 5.56 Å². The first-order valence-electron chi connectivity index (χ1n) is 8.78. The third-order valence-corrected chi connectivity index (χ3v) is 4.03. The van der Waals surface area contributed by atoms with Gasteiger partial charge in [0.15, 0.2) is 6.61 Å². The van der Waals surface area contributed by atoms with Crippen molar-refractivity contribution in [1.82, 2.24) is 15.2 Å². The molecule has 0 saturated carbocycles. The zero-order valence-corrected chi connectivity index (χ0v) is 15.0. The number of carbonyl (C=O) groups is 1. The van der Waals surface area contributed by atoms with Crippen LogP contribution in [0.15, 0.2) is 78.9 Å². The molecule has 0 aliphatic heterocycles. The van der Waals surface area contributed by atoms with Crippen LogP contribution in [0.2, 0.25) is 0 Å². The van der Waals surface area contributed by atoms with Crippen LogP contribution in [0, 0.1) is 0 Å². The summed E-state index contributed by atoms with van der Waals surface area (Å²) >= 11 is 0. The summed E-state index contributed by atoms with van der Waals surface area (Å²) in [7, 11) is 0. The number of ether oxygens (including phenoxy) is 1. The van der Waals surface area contributed by atoms with Crippen LogP contribution in [0.4, 0.5) is 5.69 Å². The monoisotopic (exact) mass is 374 g/mol. The van der Waals surface area contributed by atoms with E-state index in [1.54, 1.807) is 12.1 Å². The average molecular weight is 374 g/mol. The maximum absolute atomic E-state index is 12.1. The van der Waals surface area contributed by atoms with Crippen LogP contribution in [-0.2, 0) is 11.4 Å². The molecule has 1 aromatic heterocycles. The van der Waals surface area contributed by atoms with E-state index in [1.165, 1.54) is 4.85 Å². The van der Waals surface area contributed by atoms with E-state index < -0.39 is 0 Å². The van der Waals surface area contributed by atoms with Gasteiger partial charge in [-0.3, -0.25) is 4.79 Å². The summed E-state index contributed by atoms with van der Waals surface area (Å²) in [4.78, 5) is 18.8. The third kappa shape index (κ3) is 4.27. The van der Waals surface area contributed by atoms with Gasteiger partial charge in [-0.2, -0.15) is 0 Å². The van der Waals surface area contributed by atoms with Crippen LogP contribution in [0.25, 0.3) is 11.0 Å². The highest BCUT2D eigenvalue weighted by atomic mass is 16.7. The van der Waals surface area contributed by atoms with Gasteiger partial charge in [-0.15, -0.1) is 5.10 Å². The minimum atomic E-state index is -0.294. The molecule has 28 heavy (non-hydrogen) atoms. The molecule has 140 valence electrons. The molecule has 0 aliphatic carbocycles. The normalized spacial score (nSPS) is 10.6. The lowest BCUT2D eigenvalue weighted by atomic mass is 10.2. The largest absolute Gasteiger partial charge is 0.489 e. The molecule has 4 aromatic rings. The molecule has 0 saturated heterocycles. The summed E-state index contributed by atoms with van der Waals surface area (Å²) in [5.74, 6) is 0.435. The van der Waals surface area contributed by atoms with Crippen molar-refractivity contribution >= 4 is 22.6 Å². The van der Waals surface area contributed by atoms with Crippen molar-refractivity contribution in [3.05, 3.63) is 84.4 Å². The topological polar surface area (TPSA) is 78.3 Å². The number of hydrogen-bond donors (Lipinski definition) is 1. The second-order valence-corrected chi connectivity index (χ2v) is 6.07. The van der Waals surface area contributed by atoms with Crippen LogP contribution in [0.5, 0.6) is 5.75 Å². The maximum atomic E-state index is 12.1. The predicted molar refractivity (Wildman–Crippen MR) is 105 cm³/mol. The van der Waals surface area contributed by atoms with Gasteiger partial charge in [0.2, 0.25) is 0 Å². The lowest BCUT2D eigenvalue weighted by Gasteiger charge is -2.09. The summed E-state index contributed by atoms with van der Waals surface area (Å²) in [5, 5.41) is 10.6. The van der Waals surface area contributed by atoms with Gasteiger partial charge in [-0.05, 0) is 47.2 Å². The first kappa shape index (κ1) is 17.5. The Kier molecular flexibility index (Phi) is 5.15. The van der Waals surface area contributed by atoms with Gasteiger partial charge >= 0.3 is 0 Å². The van der Waals surface area contributed by atoms with Gasteiger partial charge in [0.1, 0.15) is 23.4 Å². The van der Waals surface area contributed by atoms with Crippen molar-refractivity contribution in [2.75, 3.05) is 11.9 Å². The molecule has 0 aliphatic rings. The van der Waals surface area contributed by atoms with Gasteiger partial charge in [0.05, 0.1) is 0 Å². The smallest absolute Gasteiger partial charge is 0.265 e. The number of anilines is 1. The highest BCUT2D eigenvalue weighted by Gasteiger charge is 2.08. The Hall–Kier alpha value is -3.87. The van der Waals surface area contributed by atoms with Crippen molar-refractivity contribution in [2.24, 2.45) is 0 Å². The Morgan fingerprint density at radius 1 is 0.929 bits per heavy atom. The lowest BCUT2D eigenvalue weighted by Crippen LogP contribution is -2.26. The molecule has 3 aromatic carbocycles. The Balaban J connectivity index is 1.28. The number of nitrogens with one attached hydrogen (secondary N) is 1. The SMILES string of the molecule is O=C(COn1nnc2ccccc21)Nc1ccc(OCc2ccccc2)cc1. The minimum absolute atomic E-state index is 0.181. The number of amides is 1. The minimum Gasteiger partial charge on any atom is -0.489 e. The van der Waals surface area contributed by atoms with E-state index in [4.69, 9.17) is 9.57 Å². The second-order valence-electron chi connectivity index (χ2n) is 6.07. The van der Waals surface area contributed by atoms with E-state index in [-0.39, 0.29) is 12.5 Å². The van der Waals surface area contributed by atoms with Crippen LogP contribution in [-0.4, -0.2) is 27.7 Å². The van der Waals surface area contributed by atoms with Gasteiger partial charge in [0, 0.05) is 5.69 Å². The highest BCUT2D eigenvalue weighted by Crippen LogP contribution is 2.17. The van der Waals surface area contributed by atoms with Crippen LogP contribution in [0.3, 0.4) is 0 Å². The van der Waals surface area contributed by atoms with Crippen LogP contribution >= 0.6 is 0 Å². The number of carbonyl (C=O) groups excluding carboxylic acids is 1. The summed E-state index contributed by atoms with van der Waals surface area (Å²) in [6, 6.07) is 24.5. The van der Waals surface area contributed by atoms with E-state index in [0.29, 0.717) is 23.3 Å². The van der Waals surface area contributed by atoms with Crippen molar-refractivity contribution in [3.63, 3.8) is 0 Å². The number of fused-ring (bicyclic) bond motifs is 1. The summed E-state index contributed by atoms with van der Waals surface area (Å²) in [5.41, 5.74) is 3.16. The highest BCUT2D eigenvalue weighted by molar-refractivity contribution is 5.91. The molecule has 1 heterocycles. The summed E-state index contributed by atoms with van der Waals surface area (Å²) in [6.45, 7) is 0.311. The molecule has 0 bridgehead atoms. The molecule has 7 heteroatoms. The first-order valence-corrected chi connectivity index (χ1v) is 8.78. The molecule has 0 atom stereocenters. The first-order chi connectivity index (χ1) is 13.8. The fourth-order valence-electron chi connectivity index (χ4n) is 2.64. The van der Waals surface area contributed by atoms with Crippen molar-refractivity contribution in [1.29, 1.82) is 0 Å². The Morgan fingerprint density at radius 3 is 2.50 bits per heavy atom. The Bertz CT molecular complexity index is 1060. The molecule has 1 N–H and O–H groups in total. The number of aromatic nitrogens is 3. The second kappa shape index (κ2) is 8.22. The maximum Gasteiger partial charge on any atom is 0.265 e. The van der Waals surface area contributed by atoms with Gasteiger partial charge in [-0.1, -0.05) is 47.3 Å². The molecule has 7 nitrogen and oxygen atoms in total. The van der Waals surface area contributed by atoms with E-state index in [9.17, 15) is 4.79 Å². The zero-order chi connectivity index (χ0) is 19.2. The zero-order valence-electron chi connectivity index (χ0n) is 15.0. The molecular formula is C21H18N4O3. The van der Waals surface area contributed by atoms with E-state index in [1.807, 2.05) is 66.7 Å². The van der Waals surface area contributed by atoms with Crippen molar-refractivity contribution in [3.8, 4) is 5.75 Å². The lowest BCUT2D eigenvalue weighted by molar-refractivity contribution is -0.121.